The molecule has 0 N–H and O–H groups in total. The number of rotatable bonds is 1. The summed E-state index contributed by atoms with van der Waals surface area (Å²) in [7, 11) is 0. The van der Waals surface area contributed by atoms with Crippen molar-refractivity contribution in [3.8, 4) is 0 Å². The molecule has 0 radical (unpaired) electrons. The van der Waals surface area contributed by atoms with Gasteiger partial charge in [0, 0.05) is 5.39 Å². The Bertz CT molecular complexity index is 463. The standard InChI is InChI=1S/C11H8ClN/c1-2-8-4-3-5-10-9(8)6-7-11(12)13-10/h2-7H,1H2. The van der Waals surface area contributed by atoms with Crippen LogP contribution >= 0.6 is 11.6 Å². The Balaban J connectivity index is 2.84. The van der Waals surface area contributed by atoms with Gasteiger partial charge in [-0.1, -0.05) is 36.4 Å². The van der Waals surface area contributed by atoms with Gasteiger partial charge >= 0.3 is 0 Å². The lowest BCUT2D eigenvalue weighted by Crippen LogP contribution is -1.81. The van der Waals surface area contributed by atoms with E-state index in [0.29, 0.717) is 5.15 Å². The SMILES string of the molecule is C=Cc1cccc2nc(Cl)ccc12. The first-order valence-corrected chi connectivity index (χ1v) is 4.37. The number of aromatic nitrogens is 1. The normalized spacial score (nSPS) is 10.2. The third kappa shape index (κ3) is 1.43. The highest BCUT2D eigenvalue weighted by atomic mass is 35.5. The van der Waals surface area contributed by atoms with Gasteiger partial charge < -0.3 is 0 Å². The maximum absolute atomic E-state index is 5.78. The lowest BCUT2D eigenvalue weighted by Gasteiger charge is -2.00. The summed E-state index contributed by atoms with van der Waals surface area (Å²) >= 11 is 5.78. The van der Waals surface area contributed by atoms with Crippen LogP contribution in [0, 0.1) is 0 Å². The fourth-order valence-corrected chi connectivity index (χ4v) is 1.49. The van der Waals surface area contributed by atoms with Crippen molar-refractivity contribution in [1.82, 2.24) is 4.98 Å². The van der Waals surface area contributed by atoms with Crippen molar-refractivity contribution in [2.45, 2.75) is 0 Å². The first-order valence-electron chi connectivity index (χ1n) is 3.99. The highest BCUT2D eigenvalue weighted by Gasteiger charge is 1.98. The molecule has 0 atom stereocenters. The van der Waals surface area contributed by atoms with E-state index in [4.69, 9.17) is 11.6 Å². The maximum atomic E-state index is 5.78. The number of hydrogen-bond donors (Lipinski definition) is 0. The van der Waals surface area contributed by atoms with Crippen LogP contribution in [0.1, 0.15) is 5.56 Å². The van der Waals surface area contributed by atoms with E-state index in [9.17, 15) is 0 Å². The van der Waals surface area contributed by atoms with Crippen LogP contribution in [0.3, 0.4) is 0 Å². The van der Waals surface area contributed by atoms with Crippen molar-refractivity contribution in [3.05, 3.63) is 47.6 Å². The van der Waals surface area contributed by atoms with Gasteiger partial charge in [-0.25, -0.2) is 4.98 Å². The van der Waals surface area contributed by atoms with Crippen LogP contribution in [0.2, 0.25) is 5.15 Å². The van der Waals surface area contributed by atoms with Gasteiger partial charge in [0.05, 0.1) is 5.52 Å². The van der Waals surface area contributed by atoms with Crippen LogP contribution < -0.4 is 0 Å². The van der Waals surface area contributed by atoms with Crippen LogP contribution in [-0.4, -0.2) is 4.98 Å². The second-order valence-corrected chi connectivity index (χ2v) is 3.14. The van der Waals surface area contributed by atoms with Gasteiger partial charge in [-0.05, 0) is 23.8 Å². The number of halogens is 1. The van der Waals surface area contributed by atoms with Crippen LogP contribution in [-0.2, 0) is 0 Å². The zero-order chi connectivity index (χ0) is 9.26. The van der Waals surface area contributed by atoms with Crippen molar-refractivity contribution < 1.29 is 0 Å². The molecule has 2 heteroatoms. The minimum absolute atomic E-state index is 0.522. The molecule has 0 aliphatic rings. The van der Waals surface area contributed by atoms with E-state index in [1.54, 1.807) is 6.07 Å². The summed E-state index contributed by atoms with van der Waals surface area (Å²) in [5.74, 6) is 0. The van der Waals surface area contributed by atoms with Gasteiger partial charge in [-0.15, -0.1) is 0 Å². The molecule has 1 heterocycles. The Labute approximate surface area is 81.7 Å². The third-order valence-electron chi connectivity index (χ3n) is 1.95. The second kappa shape index (κ2) is 3.19. The molecular formula is C11H8ClN. The Morgan fingerprint density at radius 3 is 2.85 bits per heavy atom. The van der Waals surface area contributed by atoms with Crippen molar-refractivity contribution in [2.75, 3.05) is 0 Å². The predicted molar refractivity (Wildman–Crippen MR) is 56.8 cm³/mol. The molecule has 1 nitrogen and oxygen atoms in total. The number of pyridine rings is 1. The molecule has 0 saturated carbocycles. The average molecular weight is 190 g/mol. The van der Waals surface area contributed by atoms with E-state index < -0.39 is 0 Å². The van der Waals surface area contributed by atoms with E-state index >= 15 is 0 Å². The lowest BCUT2D eigenvalue weighted by molar-refractivity contribution is 1.41. The zero-order valence-corrected chi connectivity index (χ0v) is 7.75. The Morgan fingerprint density at radius 2 is 2.08 bits per heavy atom. The van der Waals surface area contributed by atoms with Gasteiger partial charge in [0.2, 0.25) is 0 Å². The van der Waals surface area contributed by atoms with Crippen LogP contribution in [0.15, 0.2) is 36.9 Å². The molecule has 0 aliphatic heterocycles. The molecule has 2 rings (SSSR count). The fourth-order valence-electron chi connectivity index (χ4n) is 1.33. The summed E-state index contributed by atoms with van der Waals surface area (Å²) in [6.45, 7) is 3.74. The summed E-state index contributed by atoms with van der Waals surface area (Å²) in [4.78, 5) is 4.20. The fraction of sp³-hybridized carbons (Fsp3) is 0. The van der Waals surface area contributed by atoms with Crippen molar-refractivity contribution >= 4 is 28.6 Å². The van der Waals surface area contributed by atoms with Crippen LogP contribution in [0.4, 0.5) is 0 Å². The summed E-state index contributed by atoms with van der Waals surface area (Å²) in [5, 5.41) is 1.61. The van der Waals surface area contributed by atoms with E-state index in [2.05, 4.69) is 11.6 Å². The lowest BCUT2D eigenvalue weighted by atomic mass is 10.1. The minimum atomic E-state index is 0.522. The molecule has 1 aromatic carbocycles. The van der Waals surface area contributed by atoms with Crippen molar-refractivity contribution in [3.63, 3.8) is 0 Å². The summed E-state index contributed by atoms with van der Waals surface area (Å²) in [6, 6.07) is 9.64. The Hall–Kier alpha value is -1.34. The molecule has 0 bridgehead atoms. The third-order valence-corrected chi connectivity index (χ3v) is 2.16. The molecule has 2 aromatic rings. The maximum Gasteiger partial charge on any atom is 0.129 e. The van der Waals surface area contributed by atoms with E-state index in [1.807, 2.05) is 30.3 Å². The topological polar surface area (TPSA) is 12.9 Å². The molecule has 0 aliphatic carbocycles. The average Bonchev–Trinajstić information content (AvgIpc) is 2.16. The molecule has 0 amide bonds. The van der Waals surface area contributed by atoms with Crippen molar-refractivity contribution in [2.24, 2.45) is 0 Å². The minimum Gasteiger partial charge on any atom is -0.236 e. The first kappa shape index (κ1) is 8.27. The Kier molecular flexibility index (Phi) is 2.03. The van der Waals surface area contributed by atoms with Gasteiger partial charge in [0.25, 0.3) is 0 Å². The first-order chi connectivity index (χ1) is 6.31. The van der Waals surface area contributed by atoms with Gasteiger partial charge in [0.15, 0.2) is 0 Å². The molecule has 1 aromatic heterocycles. The molecule has 64 valence electrons. The number of fused-ring (bicyclic) bond motifs is 1. The monoisotopic (exact) mass is 189 g/mol. The summed E-state index contributed by atoms with van der Waals surface area (Å²) in [5.41, 5.74) is 1.99. The number of nitrogens with zero attached hydrogens (tertiary/aromatic N) is 1. The number of hydrogen-bond acceptors (Lipinski definition) is 1. The molecule has 0 spiro atoms. The zero-order valence-electron chi connectivity index (χ0n) is 7.00. The quantitative estimate of drug-likeness (QED) is 0.626. The van der Waals surface area contributed by atoms with Gasteiger partial charge in [-0.3, -0.25) is 0 Å². The van der Waals surface area contributed by atoms with E-state index in [1.165, 1.54) is 0 Å². The van der Waals surface area contributed by atoms with Gasteiger partial charge in [0.1, 0.15) is 5.15 Å². The predicted octanol–water partition coefficient (Wildman–Crippen LogP) is 3.53. The molecule has 0 saturated heterocycles. The molecular weight excluding hydrogens is 182 g/mol. The molecule has 13 heavy (non-hydrogen) atoms. The smallest absolute Gasteiger partial charge is 0.129 e. The highest BCUT2D eigenvalue weighted by Crippen LogP contribution is 2.19. The summed E-state index contributed by atoms with van der Waals surface area (Å²) in [6.07, 6.45) is 1.82. The highest BCUT2D eigenvalue weighted by molar-refractivity contribution is 6.29. The van der Waals surface area contributed by atoms with Crippen LogP contribution in [0.5, 0.6) is 0 Å². The Morgan fingerprint density at radius 1 is 1.23 bits per heavy atom. The number of benzene rings is 1. The summed E-state index contributed by atoms with van der Waals surface area (Å²) < 4.78 is 0. The van der Waals surface area contributed by atoms with Crippen LogP contribution in [0.25, 0.3) is 17.0 Å². The second-order valence-electron chi connectivity index (χ2n) is 2.75. The molecule has 0 unspecified atom stereocenters. The van der Waals surface area contributed by atoms with Crippen molar-refractivity contribution in [1.29, 1.82) is 0 Å². The van der Waals surface area contributed by atoms with E-state index in [-0.39, 0.29) is 0 Å². The van der Waals surface area contributed by atoms with Gasteiger partial charge in [-0.2, -0.15) is 0 Å². The van der Waals surface area contributed by atoms with E-state index in [0.717, 1.165) is 16.5 Å². The molecule has 0 fully saturated rings. The largest absolute Gasteiger partial charge is 0.236 e.